The Bertz CT molecular complexity index is 374. The second kappa shape index (κ2) is 6.35. The second-order valence-electron chi connectivity index (χ2n) is 5.09. The molecule has 18 heavy (non-hydrogen) atoms. The number of aliphatic hydroxyl groups is 1. The number of amides is 1. The summed E-state index contributed by atoms with van der Waals surface area (Å²) in [5, 5.41) is 11.9. The largest absolute Gasteiger partial charge is 0.444 e. The van der Waals surface area contributed by atoms with Crippen LogP contribution < -0.4 is 5.32 Å². The van der Waals surface area contributed by atoms with E-state index in [2.05, 4.69) is 10.3 Å². The van der Waals surface area contributed by atoms with Crippen LogP contribution in [0.3, 0.4) is 0 Å². The average Bonchev–Trinajstić information content (AvgIpc) is 2.27. The number of aromatic nitrogens is 1. The highest BCUT2D eigenvalue weighted by Crippen LogP contribution is 2.08. The van der Waals surface area contributed by atoms with Gasteiger partial charge in [0.2, 0.25) is 0 Å². The number of pyridine rings is 1. The molecular weight excluding hydrogens is 232 g/mol. The minimum atomic E-state index is -0.541. The highest BCUT2D eigenvalue weighted by Gasteiger charge is 2.19. The number of carbonyl (C=O) groups is 1. The van der Waals surface area contributed by atoms with E-state index in [4.69, 9.17) is 4.74 Å². The van der Waals surface area contributed by atoms with Crippen molar-refractivity contribution in [2.45, 2.75) is 38.8 Å². The van der Waals surface area contributed by atoms with Gasteiger partial charge in [0.05, 0.1) is 12.6 Å². The van der Waals surface area contributed by atoms with Gasteiger partial charge in [-0.05, 0) is 44.9 Å². The first-order valence-electron chi connectivity index (χ1n) is 5.90. The van der Waals surface area contributed by atoms with Crippen molar-refractivity contribution in [3.05, 3.63) is 30.1 Å². The lowest BCUT2D eigenvalue weighted by Gasteiger charge is -2.22. The number of nitrogens with one attached hydrogen (secondary N) is 1. The summed E-state index contributed by atoms with van der Waals surface area (Å²) in [4.78, 5) is 15.5. The zero-order valence-corrected chi connectivity index (χ0v) is 11.0. The average molecular weight is 252 g/mol. The van der Waals surface area contributed by atoms with Crippen LogP contribution in [0.2, 0.25) is 0 Å². The summed E-state index contributed by atoms with van der Waals surface area (Å²) in [6.07, 6.45) is 3.38. The predicted molar refractivity (Wildman–Crippen MR) is 68.2 cm³/mol. The van der Waals surface area contributed by atoms with Gasteiger partial charge >= 0.3 is 6.09 Å². The van der Waals surface area contributed by atoms with Crippen LogP contribution in [0.4, 0.5) is 4.79 Å². The molecule has 100 valence electrons. The monoisotopic (exact) mass is 252 g/mol. The van der Waals surface area contributed by atoms with Gasteiger partial charge in [-0.2, -0.15) is 0 Å². The number of hydrogen-bond acceptors (Lipinski definition) is 4. The molecule has 0 fully saturated rings. The fraction of sp³-hybridized carbons (Fsp3) is 0.538. The molecule has 0 aliphatic heterocycles. The Morgan fingerprint density at radius 2 is 2.06 bits per heavy atom. The van der Waals surface area contributed by atoms with Gasteiger partial charge in [0.1, 0.15) is 5.60 Å². The van der Waals surface area contributed by atoms with Gasteiger partial charge in [-0.1, -0.05) is 0 Å². The Labute approximate surface area is 107 Å². The van der Waals surface area contributed by atoms with Crippen LogP contribution in [-0.4, -0.2) is 34.4 Å². The number of nitrogens with zero attached hydrogens (tertiary/aromatic N) is 1. The van der Waals surface area contributed by atoms with E-state index >= 15 is 0 Å². The van der Waals surface area contributed by atoms with Crippen LogP contribution in [0.25, 0.3) is 0 Å². The van der Waals surface area contributed by atoms with Crippen molar-refractivity contribution in [2.24, 2.45) is 0 Å². The topological polar surface area (TPSA) is 71.5 Å². The summed E-state index contributed by atoms with van der Waals surface area (Å²) in [5.41, 5.74) is 0.459. The maximum Gasteiger partial charge on any atom is 0.407 e. The molecule has 0 saturated carbocycles. The number of carbonyl (C=O) groups excluding carboxylic acids is 1. The number of rotatable bonds is 4. The molecule has 0 spiro atoms. The third-order valence-electron chi connectivity index (χ3n) is 2.17. The maximum absolute atomic E-state index is 11.6. The van der Waals surface area contributed by atoms with Crippen molar-refractivity contribution in [2.75, 3.05) is 6.61 Å². The lowest BCUT2D eigenvalue weighted by molar-refractivity contribution is 0.0483. The molecule has 0 aliphatic rings. The van der Waals surface area contributed by atoms with Gasteiger partial charge in [0.25, 0.3) is 0 Å². The Morgan fingerprint density at radius 3 is 2.56 bits per heavy atom. The zero-order chi connectivity index (χ0) is 13.6. The molecule has 1 atom stereocenters. The van der Waals surface area contributed by atoms with Crippen LogP contribution >= 0.6 is 0 Å². The van der Waals surface area contributed by atoms with E-state index in [0.717, 1.165) is 5.56 Å². The summed E-state index contributed by atoms with van der Waals surface area (Å²) < 4.78 is 5.13. The van der Waals surface area contributed by atoms with Crippen molar-refractivity contribution in [3.8, 4) is 0 Å². The molecule has 1 aromatic rings. The van der Waals surface area contributed by atoms with Crippen molar-refractivity contribution in [1.29, 1.82) is 0 Å². The molecule has 5 heteroatoms. The smallest absolute Gasteiger partial charge is 0.407 e. The third kappa shape index (κ3) is 5.63. The van der Waals surface area contributed by atoms with Gasteiger partial charge in [0, 0.05) is 12.4 Å². The highest BCUT2D eigenvalue weighted by molar-refractivity contribution is 5.68. The predicted octanol–water partition coefficient (Wildman–Crippen LogP) is 1.51. The first-order valence-corrected chi connectivity index (χ1v) is 5.90. The first kappa shape index (κ1) is 14.4. The molecule has 0 aromatic carbocycles. The van der Waals surface area contributed by atoms with Crippen molar-refractivity contribution in [3.63, 3.8) is 0 Å². The minimum absolute atomic E-state index is 0.137. The number of aliphatic hydroxyl groups excluding tert-OH is 1. The van der Waals surface area contributed by atoms with E-state index in [0.29, 0.717) is 6.42 Å². The summed E-state index contributed by atoms with van der Waals surface area (Å²) in [7, 11) is 0. The number of alkyl carbamates (subject to hydrolysis) is 1. The number of ether oxygens (including phenoxy) is 1. The fourth-order valence-corrected chi connectivity index (χ4v) is 1.44. The van der Waals surface area contributed by atoms with Gasteiger partial charge in [-0.3, -0.25) is 4.98 Å². The molecule has 2 N–H and O–H groups in total. The molecule has 0 aliphatic carbocycles. The van der Waals surface area contributed by atoms with Gasteiger partial charge in [0.15, 0.2) is 0 Å². The molecule has 0 bridgehead atoms. The van der Waals surface area contributed by atoms with E-state index < -0.39 is 11.7 Å². The van der Waals surface area contributed by atoms with E-state index in [-0.39, 0.29) is 12.6 Å². The molecule has 1 heterocycles. The van der Waals surface area contributed by atoms with E-state index in [1.807, 2.05) is 12.1 Å². The molecule has 5 nitrogen and oxygen atoms in total. The van der Waals surface area contributed by atoms with Gasteiger partial charge in [-0.15, -0.1) is 0 Å². The molecule has 1 rings (SSSR count). The Hall–Kier alpha value is -1.62. The maximum atomic E-state index is 11.6. The molecular formula is C13H20N2O3. The first-order chi connectivity index (χ1) is 8.40. The number of hydrogen-bond donors (Lipinski definition) is 2. The summed E-state index contributed by atoms with van der Waals surface area (Å²) in [5.74, 6) is 0. The van der Waals surface area contributed by atoms with Gasteiger partial charge < -0.3 is 15.2 Å². The second-order valence-corrected chi connectivity index (χ2v) is 5.09. The van der Waals surface area contributed by atoms with Gasteiger partial charge in [-0.25, -0.2) is 4.79 Å². The molecule has 0 saturated heterocycles. The van der Waals surface area contributed by atoms with Crippen LogP contribution in [0.5, 0.6) is 0 Å². The third-order valence-corrected chi connectivity index (χ3v) is 2.17. The molecule has 1 amide bonds. The quantitative estimate of drug-likeness (QED) is 0.852. The molecule has 0 unspecified atom stereocenters. The van der Waals surface area contributed by atoms with Crippen molar-refractivity contribution >= 4 is 6.09 Å². The minimum Gasteiger partial charge on any atom is -0.444 e. The molecule has 0 radical (unpaired) electrons. The standard InChI is InChI=1S/C13H20N2O3/c1-13(2,3)18-12(17)15-11(9-16)8-10-4-6-14-7-5-10/h4-7,11,16H,8-9H2,1-3H3,(H,15,17)/t11-/m1/s1. The van der Waals surface area contributed by atoms with Crippen LogP contribution in [-0.2, 0) is 11.2 Å². The SMILES string of the molecule is CC(C)(C)OC(=O)N[C@@H](CO)Cc1ccncc1. The van der Waals surface area contributed by atoms with E-state index in [9.17, 15) is 9.90 Å². The Morgan fingerprint density at radius 1 is 1.44 bits per heavy atom. The lowest BCUT2D eigenvalue weighted by atomic mass is 10.1. The Kier molecular flexibility index (Phi) is 5.09. The van der Waals surface area contributed by atoms with Crippen molar-refractivity contribution < 1.29 is 14.6 Å². The summed E-state index contributed by atoms with van der Waals surface area (Å²) in [6.45, 7) is 5.25. The van der Waals surface area contributed by atoms with E-state index in [1.54, 1.807) is 33.2 Å². The highest BCUT2D eigenvalue weighted by atomic mass is 16.6. The Balaban J connectivity index is 2.50. The van der Waals surface area contributed by atoms with E-state index in [1.165, 1.54) is 0 Å². The normalized spacial score (nSPS) is 12.9. The van der Waals surface area contributed by atoms with Crippen LogP contribution in [0.15, 0.2) is 24.5 Å². The van der Waals surface area contributed by atoms with Crippen molar-refractivity contribution in [1.82, 2.24) is 10.3 Å². The lowest BCUT2D eigenvalue weighted by Crippen LogP contribution is -2.42. The molecule has 1 aromatic heterocycles. The van der Waals surface area contributed by atoms with Crippen LogP contribution in [0.1, 0.15) is 26.3 Å². The zero-order valence-electron chi connectivity index (χ0n) is 11.0. The van der Waals surface area contributed by atoms with Crippen LogP contribution in [0, 0.1) is 0 Å². The summed E-state index contributed by atoms with van der Waals surface area (Å²) in [6, 6.07) is 3.33. The fourth-order valence-electron chi connectivity index (χ4n) is 1.44. The summed E-state index contributed by atoms with van der Waals surface area (Å²) >= 11 is 0.